The normalized spacial score (nSPS) is 20.3. The van der Waals surface area contributed by atoms with Crippen molar-refractivity contribution in [3.63, 3.8) is 0 Å². The number of hydrogen-bond acceptors (Lipinski definition) is 7. The summed E-state index contributed by atoms with van der Waals surface area (Å²) in [5.74, 6) is 4.30. The Kier molecular flexibility index (Phi) is 7.29. The zero-order chi connectivity index (χ0) is 24.2. The molecule has 1 saturated carbocycles. The van der Waals surface area contributed by atoms with Crippen LogP contribution in [0.2, 0.25) is 0 Å². The number of nitrogens with two attached hydrogens (primary N) is 1. The Morgan fingerprint density at radius 1 is 1.21 bits per heavy atom. The van der Waals surface area contributed by atoms with Gasteiger partial charge in [-0.05, 0) is 30.5 Å². The molecular formula is C20H17F5N4O4. The highest BCUT2D eigenvalue weighted by Crippen LogP contribution is 2.30. The van der Waals surface area contributed by atoms with Gasteiger partial charge < -0.3 is 20.9 Å². The van der Waals surface area contributed by atoms with Gasteiger partial charge in [0.25, 0.3) is 5.91 Å². The molecule has 0 spiro atoms. The number of halogens is 5. The molecule has 13 heteroatoms. The number of alkyl halides is 5. The maximum Gasteiger partial charge on any atom is 0.522 e. The molecule has 1 amide bonds. The minimum atomic E-state index is -4.88. The Bertz CT molecular complexity index is 1050. The molecule has 0 unspecified atom stereocenters. The number of rotatable bonds is 5. The predicted octanol–water partition coefficient (Wildman–Crippen LogP) is 2.22. The second-order valence-corrected chi connectivity index (χ2v) is 6.97. The quantitative estimate of drug-likeness (QED) is 0.451. The fraction of sp³-hybridized carbons (Fsp3) is 0.350. The van der Waals surface area contributed by atoms with Crippen molar-refractivity contribution >= 4 is 11.7 Å². The number of carbonyl (C=O) groups is 1. The molecule has 1 fully saturated rings. The number of nitrogens with zero attached hydrogens (tertiary/aromatic N) is 2. The maximum atomic E-state index is 12.8. The highest BCUT2D eigenvalue weighted by Gasteiger charge is 2.41. The van der Waals surface area contributed by atoms with Crippen molar-refractivity contribution in [3.05, 3.63) is 47.4 Å². The molecule has 0 radical (unpaired) electrons. The van der Waals surface area contributed by atoms with Gasteiger partial charge in [0, 0.05) is 12.0 Å². The Labute approximate surface area is 183 Å². The molecule has 3 rings (SSSR count). The summed E-state index contributed by atoms with van der Waals surface area (Å²) in [6.45, 7) is -3.12. The summed E-state index contributed by atoms with van der Waals surface area (Å²) in [4.78, 5) is 20.5. The average molecular weight is 472 g/mol. The number of nitrogen functional groups attached to an aromatic ring is 1. The zero-order valence-corrected chi connectivity index (χ0v) is 16.6. The number of anilines is 1. The monoisotopic (exact) mass is 472 g/mol. The Morgan fingerprint density at radius 3 is 2.61 bits per heavy atom. The van der Waals surface area contributed by atoms with E-state index in [1.807, 2.05) is 0 Å². The zero-order valence-electron chi connectivity index (χ0n) is 16.6. The highest BCUT2D eigenvalue weighted by molar-refractivity contribution is 5.97. The Hall–Kier alpha value is -3.50. The number of hydrogen-bond donors (Lipinski definition) is 3. The third-order valence-corrected chi connectivity index (χ3v) is 4.56. The first-order chi connectivity index (χ1) is 15.5. The fourth-order valence-electron chi connectivity index (χ4n) is 3.19. The average Bonchev–Trinajstić information content (AvgIpc) is 3.04. The van der Waals surface area contributed by atoms with Crippen molar-refractivity contribution in [2.75, 3.05) is 5.73 Å². The second-order valence-electron chi connectivity index (χ2n) is 6.97. The summed E-state index contributed by atoms with van der Waals surface area (Å²) in [7, 11) is 0. The van der Waals surface area contributed by atoms with E-state index in [0.29, 0.717) is 0 Å². The molecule has 4 N–H and O–H groups in total. The highest BCUT2D eigenvalue weighted by atomic mass is 19.4. The van der Waals surface area contributed by atoms with Crippen LogP contribution in [-0.4, -0.2) is 52.2 Å². The Morgan fingerprint density at radius 2 is 1.97 bits per heavy atom. The van der Waals surface area contributed by atoms with Crippen LogP contribution in [0.3, 0.4) is 0 Å². The van der Waals surface area contributed by atoms with Gasteiger partial charge in [0.15, 0.2) is 0 Å². The van der Waals surface area contributed by atoms with Gasteiger partial charge in [-0.2, -0.15) is 8.78 Å². The maximum absolute atomic E-state index is 12.8. The SMILES string of the molecule is Nc1cnc(C#Cc2cc(OC(F)F)ccc2C(=O)N[C@H]2C[C@H](OC(F)(F)F)C[C@@H]2O)cn1. The molecule has 33 heavy (non-hydrogen) atoms. The summed E-state index contributed by atoms with van der Waals surface area (Å²) < 4.78 is 70.7. The van der Waals surface area contributed by atoms with E-state index < -0.39 is 37.1 Å². The van der Waals surface area contributed by atoms with Crippen LogP contribution in [0.5, 0.6) is 5.75 Å². The Balaban J connectivity index is 1.82. The van der Waals surface area contributed by atoms with Gasteiger partial charge in [-0.1, -0.05) is 5.92 Å². The first-order valence-electron chi connectivity index (χ1n) is 9.42. The number of benzene rings is 1. The van der Waals surface area contributed by atoms with E-state index >= 15 is 0 Å². The largest absolute Gasteiger partial charge is 0.522 e. The minimum Gasteiger partial charge on any atom is -0.435 e. The van der Waals surface area contributed by atoms with Crippen molar-refractivity contribution in [3.8, 4) is 17.6 Å². The smallest absolute Gasteiger partial charge is 0.435 e. The van der Waals surface area contributed by atoms with Crippen LogP contribution < -0.4 is 15.8 Å². The van der Waals surface area contributed by atoms with Crippen molar-refractivity contribution in [1.82, 2.24) is 15.3 Å². The van der Waals surface area contributed by atoms with Crippen molar-refractivity contribution in [2.45, 2.75) is 44.1 Å². The first-order valence-corrected chi connectivity index (χ1v) is 9.42. The topological polar surface area (TPSA) is 120 Å². The van der Waals surface area contributed by atoms with Gasteiger partial charge in [-0.3, -0.25) is 9.53 Å². The molecule has 0 bridgehead atoms. The van der Waals surface area contributed by atoms with Crippen LogP contribution in [-0.2, 0) is 4.74 Å². The third-order valence-electron chi connectivity index (χ3n) is 4.56. The number of nitrogens with one attached hydrogen (secondary N) is 1. The van der Waals surface area contributed by atoms with E-state index in [9.17, 15) is 31.9 Å². The number of aliphatic hydroxyl groups is 1. The van der Waals surface area contributed by atoms with E-state index in [4.69, 9.17) is 5.73 Å². The van der Waals surface area contributed by atoms with E-state index in [1.54, 1.807) is 0 Å². The molecule has 1 aliphatic carbocycles. The van der Waals surface area contributed by atoms with Gasteiger partial charge in [-0.25, -0.2) is 9.97 Å². The van der Waals surface area contributed by atoms with Gasteiger partial charge in [0.1, 0.15) is 17.3 Å². The molecule has 3 atom stereocenters. The first kappa shape index (κ1) is 24.1. The number of carbonyl (C=O) groups excluding carboxylic acids is 1. The van der Waals surface area contributed by atoms with Crippen LogP contribution in [0.1, 0.15) is 34.5 Å². The van der Waals surface area contributed by atoms with Crippen LogP contribution in [0.4, 0.5) is 27.8 Å². The predicted molar refractivity (Wildman–Crippen MR) is 103 cm³/mol. The fourth-order valence-corrected chi connectivity index (χ4v) is 3.19. The third kappa shape index (κ3) is 6.99. The van der Waals surface area contributed by atoms with Crippen LogP contribution in [0.15, 0.2) is 30.6 Å². The number of amides is 1. The molecule has 1 aliphatic rings. The standard InChI is InChI=1S/C20H17F5N4O4/c21-19(22)32-12-3-4-14(10(5-12)1-2-11-8-28-17(26)9-27-11)18(31)29-15-6-13(7-16(15)30)33-20(23,24)25/h3-5,8-9,13,15-16,19,30H,6-7H2,(H2,26,28)(H,29,31)/t13-,15-,16-/m0/s1. The van der Waals surface area contributed by atoms with E-state index in [2.05, 4.69) is 36.6 Å². The van der Waals surface area contributed by atoms with Crippen molar-refractivity contribution < 1.29 is 41.3 Å². The molecule has 176 valence electrons. The molecule has 1 aromatic heterocycles. The lowest BCUT2D eigenvalue weighted by Crippen LogP contribution is -2.40. The van der Waals surface area contributed by atoms with E-state index in [1.165, 1.54) is 12.4 Å². The summed E-state index contributed by atoms with van der Waals surface area (Å²) in [6.07, 6.45) is -5.57. The van der Waals surface area contributed by atoms with Gasteiger partial charge in [-0.15, -0.1) is 13.2 Å². The van der Waals surface area contributed by atoms with Gasteiger partial charge in [0.2, 0.25) is 0 Å². The lowest BCUT2D eigenvalue weighted by molar-refractivity contribution is -0.342. The van der Waals surface area contributed by atoms with Crippen LogP contribution in [0, 0.1) is 11.8 Å². The summed E-state index contributed by atoms with van der Waals surface area (Å²) in [5, 5.41) is 12.4. The second kappa shape index (κ2) is 9.97. The van der Waals surface area contributed by atoms with E-state index in [-0.39, 0.29) is 41.2 Å². The number of ether oxygens (including phenoxy) is 2. The van der Waals surface area contributed by atoms with Gasteiger partial charge >= 0.3 is 13.0 Å². The minimum absolute atomic E-state index is 0.0279. The summed E-state index contributed by atoms with van der Waals surface area (Å²) in [5.41, 5.74) is 5.51. The lowest BCUT2D eigenvalue weighted by atomic mass is 10.1. The summed E-state index contributed by atoms with van der Waals surface area (Å²) in [6, 6.07) is 2.34. The summed E-state index contributed by atoms with van der Waals surface area (Å²) >= 11 is 0. The van der Waals surface area contributed by atoms with Gasteiger partial charge in [0.05, 0.1) is 36.2 Å². The molecule has 0 aliphatic heterocycles. The van der Waals surface area contributed by atoms with E-state index in [0.717, 1.165) is 18.2 Å². The molecule has 0 saturated heterocycles. The van der Waals surface area contributed by atoms with Crippen molar-refractivity contribution in [2.24, 2.45) is 0 Å². The van der Waals surface area contributed by atoms with Crippen LogP contribution in [0.25, 0.3) is 0 Å². The van der Waals surface area contributed by atoms with Crippen molar-refractivity contribution in [1.29, 1.82) is 0 Å². The number of aliphatic hydroxyl groups excluding tert-OH is 1. The number of aromatic nitrogens is 2. The molecule has 1 heterocycles. The molecule has 1 aromatic carbocycles. The lowest BCUT2D eigenvalue weighted by Gasteiger charge is -2.17. The molecular weight excluding hydrogens is 455 g/mol. The molecule has 8 nitrogen and oxygen atoms in total. The van der Waals surface area contributed by atoms with Crippen LogP contribution >= 0.6 is 0 Å². The molecule has 2 aromatic rings.